The number of amides is 1. The number of carbonyl (C=O) groups excluding carboxylic acids is 1. The van der Waals surface area contributed by atoms with E-state index < -0.39 is 23.1 Å². The summed E-state index contributed by atoms with van der Waals surface area (Å²) in [4.78, 5) is 40.0. The molecule has 35 heavy (non-hydrogen) atoms. The number of nitrogens with zero attached hydrogens (tertiary/aromatic N) is 4. The first-order chi connectivity index (χ1) is 16.7. The number of nitro groups is 1. The molecule has 0 unspecified atom stereocenters. The molecule has 2 N–H and O–H groups in total. The van der Waals surface area contributed by atoms with Gasteiger partial charge in [0, 0.05) is 22.5 Å². The van der Waals surface area contributed by atoms with Crippen LogP contribution in [0.1, 0.15) is 38.1 Å². The molecule has 2 aromatic carbocycles. The lowest BCUT2D eigenvalue weighted by Crippen LogP contribution is -2.22. The second-order valence-electron chi connectivity index (χ2n) is 7.47. The third-order valence-corrected chi connectivity index (χ3v) is 5.36. The number of ether oxygens (including phenoxy) is 2. The van der Waals surface area contributed by atoms with Gasteiger partial charge < -0.3 is 15.2 Å². The van der Waals surface area contributed by atoms with Crippen molar-refractivity contribution >= 4 is 44.6 Å². The van der Waals surface area contributed by atoms with E-state index in [4.69, 9.17) is 15.2 Å². The number of carbonyl (C=O) groups is 1. The highest BCUT2D eigenvalue weighted by Crippen LogP contribution is 2.38. The normalized spacial score (nSPS) is 11.2. The van der Waals surface area contributed by atoms with Crippen molar-refractivity contribution < 1.29 is 19.2 Å². The topological polar surface area (TPSA) is 152 Å². The van der Waals surface area contributed by atoms with Gasteiger partial charge in [-0.05, 0) is 37.6 Å². The van der Waals surface area contributed by atoms with Crippen LogP contribution in [-0.4, -0.2) is 39.9 Å². The quantitative estimate of drug-likeness (QED) is 0.219. The Kier molecular flexibility index (Phi) is 8.53. The minimum absolute atomic E-state index is 0.0449. The molecule has 0 bridgehead atoms. The van der Waals surface area contributed by atoms with Crippen LogP contribution in [0.5, 0.6) is 11.5 Å². The largest absolute Gasteiger partial charge is 0.490 e. The van der Waals surface area contributed by atoms with Gasteiger partial charge in [-0.15, -0.1) is 0 Å². The van der Waals surface area contributed by atoms with Crippen molar-refractivity contribution in [3.05, 3.63) is 66.7 Å². The lowest BCUT2D eigenvalue weighted by Gasteiger charge is -2.12. The molecule has 12 heteroatoms. The Hall–Kier alpha value is -3.80. The van der Waals surface area contributed by atoms with Crippen molar-refractivity contribution in [1.82, 2.24) is 9.66 Å². The minimum atomic E-state index is -0.790. The maximum Gasteiger partial charge on any atom is 0.315 e. The van der Waals surface area contributed by atoms with Crippen molar-refractivity contribution in [1.29, 1.82) is 0 Å². The summed E-state index contributed by atoms with van der Waals surface area (Å²) in [6.45, 7) is 3.36. The summed E-state index contributed by atoms with van der Waals surface area (Å²) in [6.07, 6.45) is 3.54. The Morgan fingerprint density at radius 1 is 1.29 bits per heavy atom. The summed E-state index contributed by atoms with van der Waals surface area (Å²) >= 11 is 3.37. The third-order valence-electron chi connectivity index (χ3n) is 4.86. The second-order valence-corrected chi connectivity index (χ2v) is 8.38. The first-order valence-corrected chi connectivity index (χ1v) is 11.7. The fourth-order valence-electron chi connectivity index (χ4n) is 3.30. The summed E-state index contributed by atoms with van der Waals surface area (Å²) in [5.41, 5.74) is 5.16. The van der Waals surface area contributed by atoms with Gasteiger partial charge in [-0.2, -0.15) is 9.78 Å². The van der Waals surface area contributed by atoms with E-state index in [1.54, 1.807) is 19.1 Å². The molecular formula is C23H24BrN5O6. The average Bonchev–Trinajstić information content (AvgIpc) is 2.81. The molecule has 1 heterocycles. The number of aryl methyl sites for hydroxylation is 1. The van der Waals surface area contributed by atoms with Gasteiger partial charge in [0.1, 0.15) is 5.82 Å². The molecule has 0 saturated heterocycles. The highest BCUT2D eigenvalue weighted by molar-refractivity contribution is 9.10. The molecule has 0 fully saturated rings. The highest BCUT2D eigenvalue weighted by Gasteiger charge is 2.23. The van der Waals surface area contributed by atoms with Crippen LogP contribution in [0.2, 0.25) is 0 Å². The lowest BCUT2D eigenvalue weighted by atomic mass is 10.2. The summed E-state index contributed by atoms with van der Waals surface area (Å²) in [5.74, 6) is -0.486. The summed E-state index contributed by atoms with van der Waals surface area (Å²) in [7, 11) is 0. The number of nitrogens with two attached hydrogens (primary N) is 1. The zero-order valence-corrected chi connectivity index (χ0v) is 20.8. The average molecular weight is 546 g/mol. The Morgan fingerprint density at radius 2 is 2.06 bits per heavy atom. The van der Waals surface area contributed by atoms with Gasteiger partial charge in [0.2, 0.25) is 5.75 Å². The molecule has 1 amide bonds. The van der Waals surface area contributed by atoms with Crippen LogP contribution in [0.25, 0.3) is 10.9 Å². The molecule has 0 aliphatic rings. The molecule has 184 valence electrons. The van der Waals surface area contributed by atoms with Crippen molar-refractivity contribution in [2.45, 2.75) is 33.1 Å². The molecule has 11 nitrogen and oxygen atoms in total. The number of nitro benzene ring substituents is 1. The molecule has 0 saturated carbocycles. The molecule has 0 radical (unpaired) electrons. The number of rotatable bonds is 11. The van der Waals surface area contributed by atoms with Gasteiger partial charge >= 0.3 is 5.69 Å². The Labute approximate surface area is 208 Å². The zero-order chi connectivity index (χ0) is 25.5. The number of halogens is 1. The molecule has 1 aromatic heterocycles. The number of aromatic nitrogens is 2. The van der Waals surface area contributed by atoms with E-state index in [1.165, 1.54) is 23.0 Å². The van der Waals surface area contributed by atoms with E-state index in [2.05, 4.69) is 26.0 Å². The minimum Gasteiger partial charge on any atom is -0.490 e. The fraction of sp³-hybridized carbons (Fsp3) is 0.304. The molecule has 0 atom stereocenters. The van der Waals surface area contributed by atoms with Crippen molar-refractivity contribution in [3.8, 4) is 11.5 Å². The SMILES string of the molecule is CCCCc1nc2ccc(Br)cc2c(=O)n1N=Cc1cc(OCC)c(OCC(N)=O)c([N+](=O)[O-])c1. The maximum atomic E-state index is 13.2. The third kappa shape index (κ3) is 6.21. The smallest absolute Gasteiger partial charge is 0.315 e. The van der Waals surface area contributed by atoms with Gasteiger partial charge in [-0.1, -0.05) is 29.3 Å². The predicted molar refractivity (Wildman–Crippen MR) is 134 cm³/mol. The maximum absolute atomic E-state index is 13.2. The Bertz CT molecular complexity index is 1350. The van der Waals surface area contributed by atoms with Crippen LogP contribution in [0, 0.1) is 10.1 Å². The number of primary amides is 1. The predicted octanol–water partition coefficient (Wildman–Crippen LogP) is 3.55. The molecule has 3 rings (SSSR count). The van der Waals surface area contributed by atoms with E-state index >= 15 is 0 Å². The summed E-state index contributed by atoms with van der Waals surface area (Å²) < 4.78 is 12.7. The van der Waals surface area contributed by atoms with E-state index in [9.17, 15) is 19.7 Å². The molecule has 0 aliphatic heterocycles. The van der Waals surface area contributed by atoms with Crippen molar-refractivity contribution in [3.63, 3.8) is 0 Å². The van der Waals surface area contributed by atoms with Crippen molar-refractivity contribution in [2.24, 2.45) is 10.8 Å². The van der Waals surface area contributed by atoms with Crippen LogP contribution in [0.4, 0.5) is 5.69 Å². The number of hydrogen-bond donors (Lipinski definition) is 1. The molecule has 0 aliphatic carbocycles. The number of unbranched alkanes of at least 4 members (excludes halogenated alkanes) is 1. The van der Waals surface area contributed by atoms with Crippen LogP contribution in [0.3, 0.4) is 0 Å². The van der Waals surface area contributed by atoms with E-state index in [1.807, 2.05) is 13.0 Å². The fourth-order valence-corrected chi connectivity index (χ4v) is 3.67. The molecule has 0 spiro atoms. The van der Waals surface area contributed by atoms with Crippen LogP contribution < -0.4 is 20.8 Å². The van der Waals surface area contributed by atoms with Gasteiger partial charge in [-0.25, -0.2) is 4.98 Å². The van der Waals surface area contributed by atoms with E-state index in [-0.39, 0.29) is 29.2 Å². The van der Waals surface area contributed by atoms with Gasteiger partial charge in [0.25, 0.3) is 11.5 Å². The summed E-state index contributed by atoms with van der Waals surface area (Å²) in [6, 6.07) is 7.92. The van der Waals surface area contributed by atoms with Crippen molar-refractivity contribution in [2.75, 3.05) is 13.2 Å². The van der Waals surface area contributed by atoms with Crippen LogP contribution >= 0.6 is 15.9 Å². The van der Waals surface area contributed by atoms with Gasteiger partial charge in [0.15, 0.2) is 12.4 Å². The van der Waals surface area contributed by atoms with Gasteiger partial charge in [0.05, 0.1) is 28.6 Å². The monoisotopic (exact) mass is 545 g/mol. The molecule has 3 aromatic rings. The zero-order valence-electron chi connectivity index (χ0n) is 19.2. The number of fused-ring (bicyclic) bond motifs is 1. The Balaban J connectivity index is 2.13. The second kappa shape index (κ2) is 11.6. The van der Waals surface area contributed by atoms with E-state index in [0.717, 1.165) is 17.3 Å². The number of benzene rings is 2. The van der Waals surface area contributed by atoms with E-state index in [0.29, 0.717) is 23.1 Å². The first kappa shape index (κ1) is 25.8. The number of hydrogen-bond acceptors (Lipinski definition) is 8. The van der Waals surface area contributed by atoms with Crippen LogP contribution in [0.15, 0.2) is 44.7 Å². The first-order valence-electron chi connectivity index (χ1n) is 10.9. The Morgan fingerprint density at radius 3 is 2.71 bits per heavy atom. The van der Waals surface area contributed by atoms with Gasteiger partial charge in [-0.3, -0.25) is 19.7 Å². The lowest BCUT2D eigenvalue weighted by molar-refractivity contribution is -0.385. The van der Waals surface area contributed by atoms with Crippen LogP contribution in [-0.2, 0) is 11.2 Å². The standard InChI is InChI=1S/C23H24BrN5O6/c1-3-5-6-21-27-17-8-7-15(24)11-16(17)23(31)28(21)26-12-14-9-18(29(32)33)22(35-13-20(25)30)19(10-14)34-4-2/h7-12H,3-6,13H2,1-2H3,(H2,25,30). The molecular weight excluding hydrogens is 522 g/mol. The highest BCUT2D eigenvalue weighted by atomic mass is 79.9. The summed E-state index contributed by atoms with van der Waals surface area (Å²) in [5, 5.41) is 16.4.